The lowest BCUT2D eigenvalue weighted by atomic mass is 9.96. The van der Waals surface area contributed by atoms with E-state index in [0.717, 1.165) is 22.4 Å². The van der Waals surface area contributed by atoms with Gasteiger partial charge in [-0.25, -0.2) is 4.79 Å². The van der Waals surface area contributed by atoms with Gasteiger partial charge in [0.15, 0.2) is 18.0 Å². The van der Waals surface area contributed by atoms with E-state index in [0.29, 0.717) is 5.69 Å². The molecule has 2 aliphatic heterocycles. The zero-order chi connectivity index (χ0) is 16.5. The van der Waals surface area contributed by atoms with Crippen LogP contribution in [0.5, 0.6) is 0 Å². The average molecular weight is 316 g/mol. The molecule has 0 aliphatic carbocycles. The predicted molar refractivity (Wildman–Crippen MR) is 86.1 cm³/mol. The van der Waals surface area contributed by atoms with Crippen molar-refractivity contribution in [2.75, 3.05) is 0 Å². The molecule has 4 heterocycles. The molecule has 24 heavy (non-hydrogen) atoms. The number of nitrogens with zero attached hydrogens (tertiary/aromatic N) is 2. The van der Waals surface area contributed by atoms with E-state index in [1.54, 1.807) is 6.07 Å². The van der Waals surface area contributed by atoms with Gasteiger partial charge in [0.05, 0.1) is 5.56 Å². The first-order valence-electron chi connectivity index (χ1n) is 8.01. The number of ether oxygens (including phenoxy) is 1. The minimum absolute atomic E-state index is 0.301. The molecule has 1 atom stereocenters. The maximum absolute atomic E-state index is 12.6. The summed E-state index contributed by atoms with van der Waals surface area (Å²) in [7, 11) is 0. The summed E-state index contributed by atoms with van der Waals surface area (Å²) in [5, 5.41) is 0. The molecule has 116 valence electrons. The summed E-state index contributed by atoms with van der Waals surface area (Å²) in [5.41, 5.74) is 6.10. The highest BCUT2D eigenvalue weighted by Crippen LogP contribution is 2.41. The second-order valence-electron chi connectivity index (χ2n) is 6.41. The van der Waals surface area contributed by atoms with Crippen LogP contribution in [0.3, 0.4) is 0 Å². The number of fused-ring (bicyclic) bond motifs is 7. The molecule has 1 spiro atoms. The van der Waals surface area contributed by atoms with E-state index in [9.17, 15) is 4.79 Å². The van der Waals surface area contributed by atoms with E-state index in [1.165, 1.54) is 5.56 Å². The number of hydrogen-bond donors (Lipinski definition) is 0. The maximum atomic E-state index is 12.6. The standard InChI is InChI=1S/C20H16N2O2/c1-13-11-14(2)18-15(12-13)20(21-9-5-3-7-16(18)21)22-10-6-4-8-17(22)19(23)24-20/h3-12H,1-2H3/q+2. The Bertz CT molecular complexity index is 1040. The Morgan fingerprint density at radius 2 is 1.58 bits per heavy atom. The van der Waals surface area contributed by atoms with Crippen molar-refractivity contribution in [3.8, 4) is 11.3 Å². The first-order chi connectivity index (χ1) is 11.6. The lowest BCUT2D eigenvalue weighted by Crippen LogP contribution is -2.71. The molecule has 0 amide bonds. The predicted octanol–water partition coefficient (Wildman–Crippen LogP) is 2.24. The van der Waals surface area contributed by atoms with Gasteiger partial charge in [-0.05, 0) is 43.2 Å². The van der Waals surface area contributed by atoms with Crippen LogP contribution in [0.2, 0.25) is 0 Å². The minimum Gasteiger partial charge on any atom is -0.331 e. The molecular weight excluding hydrogens is 300 g/mol. The van der Waals surface area contributed by atoms with Crippen molar-refractivity contribution in [2.24, 2.45) is 0 Å². The first kappa shape index (κ1) is 13.4. The molecule has 2 aromatic heterocycles. The van der Waals surface area contributed by atoms with Gasteiger partial charge in [0, 0.05) is 24.3 Å². The monoisotopic (exact) mass is 316 g/mol. The molecule has 5 rings (SSSR count). The van der Waals surface area contributed by atoms with Gasteiger partial charge >= 0.3 is 17.5 Å². The SMILES string of the molecule is Cc1cc(C)c2c(c1)C1(OC(=O)c3cccc[n+]31)[n+]1ccccc1-2. The third-order valence-electron chi connectivity index (χ3n) is 4.90. The number of aryl methyl sites for hydroxylation is 2. The quantitative estimate of drug-likeness (QED) is 0.471. The molecule has 3 aromatic rings. The topological polar surface area (TPSA) is 34.1 Å². The smallest absolute Gasteiger partial charge is 0.331 e. The van der Waals surface area contributed by atoms with Crippen molar-refractivity contribution in [1.29, 1.82) is 0 Å². The molecule has 1 unspecified atom stereocenters. The van der Waals surface area contributed by atoms with E-state index in [4.69, 9.17) is 4.74 Å². The van der Waals surface area contributed by atoms with Gasteiger partial charge < -0.3 is 4.74 Å². The van der Waals surface area contributed by atoms with Crippen LogP contribution in [0.15, 0.2) is 60.9 Å². The lowest BCUT2D eigenvalue weighted by Gasteiger charge is -2.13. The number of carbonyl (C=O) groups is 1. The van der Waals surface area contributed by atoms with Crippen LogP contribution in [0.4, 0.5) is 0 Å². The highest BCUT2D eigenvalue weighted by atomic mass is 16.6. The third kappa shape index (κ3) is 1.41. The van der Waals surface area contributed by atoms with E-state index in [-0.39, 0.29) is 5.97 Å². The van der Waals surface area contributed by atoms with Gasteiger partial charge in [0.2, 0.25) is 5.69 Å². The number of esters is 1. The van der Waals surface area contributed by atoms with Crippen molar-refractivity contribution in [3.05, 3.63) is 83.3 Å². The molecule has 1 aromatic carbocycles. The van der Waals surface area contributed by atoms with Crippen LogP contribution in [0.1, 0.15) is 27.2 Å². The highest BCUT2D eigenvalue weighted by molar-refractivity contribution is 5.87. The van der Waals surface area contributed by atoms with E-state index in [2.05, 4.69) is 36.6 Å². The summed E-state index contributed by atoms with van der Waals surface area (Å²) in [4.78, 5) is 12.6. The van der Waals surface area contributed by atoms with Crippen LogP contribution in [-0.2, 0) is 10.6 Å². The van der Waals surface area contributed by atoms with Crippen molar-refractivity contribution >= 4 is 5.97 Å². The summed E-state index contributed by atoms with van der Waals surface area (Å²) >= 11 is 0. The van der Waals surface area contributed by atoms with Crippen LogP contribution in [-0.4, -0.2) is 5.97 Å². The van der Waals surface area contributed by atoms with Crippen LogP contribution in [0.25, 0.3) is 11.3 Å². The molecule has 4 nitrogen and oxygen atoms in total. The van der Waals surface area contributed by atoms with Gasteiger partial charge in [-0.15, -0.1) is 0 Å². The number of rotatable bonds is 0. The van der Waals surface area contributed by atoms with Gasteiger partial charge in [-0.3, -0.25) is 0 Å². The number of pyridine rings is 2. The molecule has 0 bridgehead atoms. The van der Waals surface area contributed by atoms with Gasteiger partial charge in [-0.1, -0.05) is 15.2 Å². The second kappa shape index (κ2) is 4.29. The zero-order valence-electron chi connectivity index (χ0n) is 13.5. The van der Waals surface area contributed by atoms with Crippen molar-refractivity contribution in [2.45, 2.75) is 19.7 Å². The van der Waals surface area contributed by atoms with Crippen LogP contribution in [0, 0.1) is 13.8 Å². The van der Waals surface area contributed by atoms with E-state index >= 15 is 0 Å². The van der Waals surface area contributed by atoms with Gasteiger partial charge in [0.25, 0.3) is 0 Å². The fourth-order valence-corrected chi connectivity index (χ4v) is 4.06. The maximum Gasteiger partial charge on any atom is 0.558 e. The number of hydrogen-bond acceptors (Lipinski definition) is 2. The molecule has 0 fully saturated rings. The van der Waals surface area contributed by atoms with E-state index in [1.807, 2.05) is 41.2 Å². The van der Waals surface area contributed by atoms with Gasteiger partial charge in [-0.2, -0.15) is 0 Å². The summed E-state index contributed by atoms with van der Waals surface area (Å²) in [6, 6.07) is 15.9. The highest BCUT2D eigenvalue weighted by Gasteiger charge is 2.69. The fraction of sp³-hybridized carbons (Fsp3) is 0.150. The number of aromatic nitrogens is 2. The largest absolute Gasteiger partial charge is 0.558 e. The average Bonchev–Trinajstić information content (AvgIpc) is 3.03. The normalized spacial score (nSPS) is 19.8. The van der Waals surface area contributed by atoms with Crippen molar-refractivity contribution < 1.29 is 18.7 Å². The Hall–Kier alpha value is -3.01. The fourth-order valence-electron chi connectivity index (χ4n) is 4.06. The van der Waals surface area contributed by atoms with Gasteiger partial charge in [0.1, 0.15) is 0 Å². The molecule has 0 saturated heterocycles. The Kier molecular flexibility index (Phi) is 2.40. The van der Waals surface area contributed by atoms with E-state index < -0.39 is 5.85 Å². The summed E-state index contributed by atoms with van der Waals surface area (Å²) in [6.45, 7) is 4.18. The Balaban J connectivity index is 1.98. The first-order valence-corrected chi connectivity index (χ1v) is 8.01. The molecule has 4 heteroatoms. The molecule has 0 N–H and O–H groups in total. The Morgan fingerprint density at radius 1 is 0.917 bits per heavy atom. The zero-order valence-corrected chi connectivity index (χ0v) is 13.5. The Labute approximate surface area is 139 Å². The van der Waals surface area contributed by atoms with Crippen LogP contribution < -0.4 is 9.13 Å². The number of benzene rings is 1. The van der Waals surface area contributed by atoms with Crippen molar-refractivity contribution in [3.63, 3.8) is 0 Å². The molecule has 0 saturated carbocycles. The number of carbonyl (C=O) groups excluding carboxylic acids is 1. The van der Waals surface area contributed by atoms with Crippen LogP contribution >= 0.6 is 0 Å². The summed E-state index contributed by atoms with van der Waals surface area (Å²) in [6.07, 6.45) is 3.89. The summed E-state index contributed by atoms with van der Waals surface area (Å²) in [5.74, 6) is -1.28. The molecule has 0 radical (unpaired) electrons. The van der Waals surface area contributed by atoms with Crippen molar-refractivity contribution in [1.82, 2.24) is 0 Å². The Morgan fingerprint density at radius 3 is 2.33 bits per heavy atom. The third-order valence-corrected chi connectivity index (χ3v) is 4.90. The second-order valence-corrected chi connectivity index (χ2v) is 6.41. The minimum atomic E-state index is -0.976. The molecular formula is C20H16N2O2+2. The molecule has 2 aliphatic rings. The lowest BCUT2D eigenvalue weighted by molar-refractivity contribution is -1.00. The summed E-state index contributed by atoms with van der Waals surface area (Å²) < 4.78 is 10.0.